The average Bonchev–Trinajstić information content (AvgIpc) is 3.08. The van der Waals surface area contributed by atoms with E-state index in [4.69, 9.17) is 4.74 Å². The molecule has 140 valence electrons. The Bertz CT molecular complexity index is 942. The third kappa shape index (κ3) is 3.74. The number of carbonyl (C=O) groups is 1. The van der Waals surface area contributed by atoms with Gasteiger partial charge in [0.2, 0.25) is 5.88 Å². The average molecular weight is 363 g/mol. The number of carbonyl (C=O) groups excluding carboxylic acids is 1. The van der Waals surface area contributed by atoms with Gasteiger partial charge in [-0.15, -0.1) is 5.10 Å². The van der Waals surface area contributed by atoms with Gasteiger partial charge in [0.25, 0.3) is 0 Å². The summed E-state index contributed by atoms with van der Waals surface area (Å²) in [6.45, 7) is 5.87. The highest BCUT2D eigenvalue weighted by atomic mass is 16.5. The van der Waals surface area contributed by atoms with Crippen molar-refractivity contribution in [3.63, 3.8) is 0 Å². The van der Waals surface area contributed by atoms with Gasteiger partial charge in [-0.3, -0.25) is 9.69 Å². The maximum atomic E-state index is 11.8. The molecule has 0 amide bonds. The van der Waals surface area contributed by atoms with E-state index >= 15 is 0 Å². The molecule has 0 aliphatic carbocycles. The van der Waals surface area contributed by atoms with E-state index in [1.807, 2.05) is 49.4 Å². The number of aldehydes is 1. The Morgan fingerprint density at radius 2 is 1.93 bits per heavy atom. The number of hydrogen-bond acceptors (Lipinski definition) is 4. The fourth-order valence-electron chi connectivity index (χ4n) is 3.82. The van der Waals surface area contributed by atoms with Gasteiger partial charge in [-0.25, -0.2) is 4.68 Å². The number of aryl methyl sites for hydroxylation is 1. The van der Waals surface area contributed by atoms with Crippen molar-refractivity contribution in [1.82, 2.24) is 14.7 Å². The molecule has 2 aromatic carbocycles. The van der Waals surface area contributed by atoms with Crippen molar-refractivity contribution in [2.45, 2.75) is 26.2 Å². The molecule has 4 rings (SSSR count). The van der Waals surface area contributed by atoms with E-state index in [9.17, 15) is 4.79 Å². The van der Waals surface area contributed by atoms with E-state index in [0.29, 0.717) is 18.1 Å². The van der Waals surface area contributed by atoms with Crippen molar-refractivity contribution in [3.05, 3.63) is 53.7 Å². The van der Waals surface area contributed by atoms with Gasteiger partial charge in [0, 0.05) is 23.9 Å². The smallest absolute Gasteiger partial charge is 0.233 e. The number of fused-ring (bicyclic) bond motifs is 1. The van der Waals surface area contributed by atoms with Crippen LogP contribution in [0.15, 0.2) is 42.5 Å². The van der Waals surface area contributed by atoms with Gasteiger partial charge in [0.15, 0.2) is 6.29 Å². The Hall–Kier alpha value is -2.66. The lowest BCUT2D eigenvalue weighted by Gasteiger charge is -2.25. The van der Waals surface area contributed by atoms with Crippen LogP contribution in [0, 0.1) is 6.92 Å². The number of benzene rings is 2. The van der Waals surface area contributed by atoms with Crippen LogP contribution in [0.4, 0.5) is 0 Å². The van der Waals surface area contributed by atoms with Gasteiger partial charge < -0.3 is 4.74 Å². The first-order valence-corrected chi connectivity index (χ1v) is 9.65. The van der Waals surface area contributed by atoms with Crippen molar-refractivity contribution in [1.29, 1.82) is 0 Å². The molecule has 0 unspecified atom stereocenters. The van der Waals surface area contributed by atoms with Crippen molar-refractivity contribution in [3.8, 4) is 11.6 Å². The Morgan fingerprint density at radius 1 is 1.11 bits per heavy atom. The lowest BCUT2D eigenvalue weighted by atomic mass is 10.0. The van der Waals surface area contributed by atoms with Gasteiger partial charge in [0.05, 0.1) is 5.69 Å². The summed E-state index contributed by atoms with van der Waals surface area (Å²) >= 11 is 0. The second kappa shape index (κ2) is 7.92. The topological polar surface area (TPSA) is 47.4 Å². The number of piperidine rings is 1. The van der Waals surface area contributed by atoms with Crippen molar-refractivity contribution in [2.75, 3.05) is 26.2 Å². The van der Waals surface area contributed by atoms with Crippen molar-refractivity contribution >= 4 is 17.1 Å². The van der Waals surface area contributed by atoms with Gasteiger partial charge in [-0.05, 0) is 49.7 Å². The minimum Gasteiger partial charge on any atom is -0.475 e. The van der Waals surface area contributed by atoms with Crippen molar-refractivity contribution < 1.29 is 9.53 Å². The van der Waals surface area contributed by atoms with E-state index in [-0.39, 0.29) is 0 Å². The van der Waals surface area contributed by atoms with Crippen LogP contribution >= 0.6 is 0 Å². The number of likely N-dealkylation sites (tertiary alicyclic amines) is 1. The zero-order chi connectivity index (χ0) is 18.6. The summed E-state index contributed by atoms with van der Waals surface area (Å²) in [4.78, 5) is 14.2. The molecule has 0 spiro atoms. The van der Waals surface area contributed by atoms with Crippen LogP contribution in [0.5, 0.6) is 5.88 Å². The fraction of sp³-hybridized carbons (Fsp3) is 0.364. The maximum absolute atomic E-state index is 11.8. The molecule has 0 N–H and O–H groups in total. The molecular formula is C22H25N3O2. The number of nitrogens with zero attached hydrogens (tertiary/aromatic N) is 3. The Balaban J connectivity index is 1.54. The first-order valence-electron chi connectivity index (χ1n) is 9.65. The summed E-state index contributed by atoms with van der Waals surface area (Å²) in [6, 6.07) is 13.8. The van der Waals surface area contributed by atoms with E-state index in [1.54, 1.807) is 4.68 Å². The third-order valence-corrected chi connectivity index (χ3v) is 5.26. The summed E-state index contributed by atoms with van der Waals surface area (Å²) in [5.41, 5.74) is 2.38. The van der Waals surface area contributed by atoms with Crippen LogP contribution < -0.4 is 4.74 Å². The SMILES string of the molecule is Cc1cc(OCCN2CCCCC2)nn1-c1ccc2ccccc2c1C=O. The lowest BCUT2D eigenvalue weighted by molar-refractivity contribution is 0.112. The predicted octanol–water partition coefficient (Wildman–Crippen LogP) is 4.01. The molecule has 0 bridgehead atoms. The molecular weight excluding hydrogens is 338 g/mol. The number of ether oxygens (including phenoxy) is 1. The van der Waals surface area contributed by atoms with E-state index < -0.39 is 0 Å². The summed E-state index contributed by atoms with van der Waals surface area (Å²) in [7, 11) is 0. The summed E-state index contributed by atoms with van der Waals surface area (Å²) < 4.78 is 7.69. The molecule has 0 saturated carbocycles. The molecule has 5 heteroatoms. The molecule has 27 heavy (non-hydrogen) atoms. The molecule has 0 radical (unpaired) electrons. The predicted molar refractivity (Wildman–Crippen MR) is 107 cm³/mol. The minimum atomic E-state index is 0.606. The third-order valence-electron chi connectivity index (χ3n) is 5.26. The Labute approximate surface area is 159 Å². The quantitative estimate of drug-likeness (QED) is 0.621. The molecule has 1 fully saturated rings. The second-order valence-corrected chi connectivity index (χ2v) is 7.12. The monoisotopic (exact) mass is 363 g/mol. The highest BCUT2D eigenvalue weighted by Crippen LogP contribution is 2.26. The fourth-order valence-corrected chi connectivity index (χ4v) is 3.82. The number of hydrogen-bond donors (Lipinski definition) is 0. The highest BCUT2D eigenvalue weighted by Gasteiger charge is 2.14. The van der Waals surface area contributed by atoms with Gasteiger partial charge in [0.1, 0.15) is 6.61 Å². The van der Waals surface area contributed by atoms with Gasteiger partial charge >= 0.3 is 0 Å². The number of aromatic nitrogens is 2. The molecule has 5 nitrogen and oxygen atoms in total. The summed E-state index contributed by atoms with van der Waals surface area (Å²) in [5, 5.41) is 6.58. The zero-order valence-corrected chi connectivity index (χ0v) is 15.7. The van der Waals surface area contributed by atoms with E-state index in [1.165, 1.54) is 19.3 Å². The van der Waals surface area contributed by atoms with E-state index in [2.05, 4.69) is 10.00 Å². The molecule has 1 aliphatic rings. The van der Waals surface area contributed by atoms with Gasteiger partial charge in [-0.2, -0.15) is 0 Å². The molecule has 0 atom stereocenters. The minimum absolute atomic E-state index is 0.606. The van der Waals surface area contributed by atoms with Crippen LogP contribution in [0.3, 0.4) is 0 Å². The zero-order valence-electron chi connectivity index (χ0n) is 15.7. The molecule has 1 aromatic heterocycles. The van der Waals surface area contributed by atoms with E-state index in [0.717, 1.165) is 48.1 Å². The van der Waals surface area contributed by atoms with Crippen LogP contribution in [-0.4, -0.2) is 47.2 Å². The standard InChI is InChI=1S/C22H25N3O2/c1-17-15-22(27-14-13-24-11-5-2-6-12-24)23-25(17)21-10-9-18-7-3-4-8-19(18)20(21)16-26/h3-4,7-10,15-16H,2,5-6,11-14H2,1H3. The lowest BCUT2D eigenvalue weighted by Crippen LogP contribution is -2.33. The summed E-state index contributed by atoms with van der Waals surface area (Å²) in [5.74, 6) is 0.606. The van der Waals surface area contributed by atoms with Crippen LogP contribution in [0.1, 0.15) is 35.3 Å². The second-order valence-electron chi connectivity index (χ2n) is 7.12. The Morgan fingerprint density at radius 3 is 2.74 bits per heavy atom. The highest BCUT2D eigenvalue weighted by molar-refractivity contribution is 6.01. The molecule has 1 aliphatic heterocycles. The molecule has 2 heterocycles. The van der Waals surface area contributed by atoms with Crippen LogP contribution in [0.25, 0.3) is 16.5 Å². The first kappa shape index (κ1) is 17.7. The van der Waals surface area contributed by atoms with Crippen molar-refractivity contribution in [2.24, 2.45) is 0 Å². The summed E-state index contributed by atoms with van der Waals surface area (Å²) in [6.07, 6.45) is 4.82. The normalized spacial score (nSPS) is 15.1. The maximum Gasteiger partial charge on any atom is 0.233 e. The first-order chi connectivity index (χ1) is 13.3. The molecule has 1 saturated heterocycles. The Kier molecular flexibility index (Phi) is 5.21. The molecule has 3 aromatic rings. The van der Waals surface area contributed by atoms with Crippen LogP contribution in [-0.2, 0) is 0 Å². The van der Waals surface area contributed by atoms with Gasteiger partial charge in [-0.1, -0.05) is 36.8 Å². The van der Waals surface area contributed by atoms with Crippen LogP contribution in [0.2, 0.25) is 0 Å². The largest absolute Gasteiger partial charge is 0.475 e. The number of rotatable bonds is 6.